The molecule has 4 unspecified atom stereocenters. The number of methoxy groups -OCH3 is 1. The summed E-state index contributed by atoms with van der Waals surface area (Å²) in [5, 5.41) is 0. The average molecular weight is 394 g/mol. The Kier molecular flexibility index (Phi) is 3.87. The van der Waals surface area contributed by atoms with E-state index in [4.69, 9.17) is 4.74 Å². The molecule has 3 heterocycles. The number of nitrogens with zero attached hydrogens (tertiary/aromatic N) is 2. The summed E-state index contributed by atoms with van der Waals surface area (Å²) in [7, 11) is 3.66. The average Bonchev–Trinajstić information content (AvgIpc) is 3.23. The number of benzene rings is 2. The summed E-state index contributed by atoms with van der Waals surface area (Å²) in [6.45, 7) is 2.11. The zero-order valence-electron chi connectivity index (χ0n) is 16.1. The zero-order chi connectivity index (χ0) is 19.6. The second-order valence-corrected chi connectivity index (χ2v) is 8.97. The highest BCUT2D eigenvalue weighted by Crippen LogP contribution is 2.68. The number of amides is 2. The van der Waals surface area contributed by atoms with Crippen LogP contribution in [0.25, 0.3) is 0 Å². The Morgan fingerprint density at radius 3 is 2.46 bits per heavy atom. The summed E-state index contributed by atoms with van der Waals surface area (Å²) in [4.78, 5) is 30.3. The third-order valence-electron chi connectivity index (χ3n) is 6.41. The predicted molar refractivity (Wildman–Crippen MR) is 109 cm³/mol. The molecule has 6 heteroatoms. The maximum Gasteiger partial charge on any atom is 0.240 e. The van der Waals surface area contributed by atoms with Crippen molar-refractivity contribution in [3.63, 3.8) is 0 Å². The summed E-state index contributed by atoms with van der Waals surface area (Å²) in [5.41, 5.74) is 2.99. The molecule has 5 rings (SSSR count). The van der Waals surface area contributed by atoms with Crippen molar-refractivity contribution in [2.24, 2.45) is 11.8 Å². The number of hydrogen-bond donors (Lipinski definition) is 0. The number of carbonyl (C=O) groups excluding carboxylic acids is 2. The summed E-state index contributed by atoms with van der Waals surface area (Å²) in [6, 6.07) is 15.4. The molecule has 2 aromatic carbocycles. The van der Waals surface area contributed by atoms with Crippen molar-refractivity contribution in [1.29, 1.82) is 0 Å². The second kappa shape index (κ2) is 6.09. The van der Waals surface area contributed by atoms with E-state index < -0.39 is 4.87 Å². The molecule has 0 N–H and O–H groups in total. The minimum absolute atomic E-state index is 0.0556. The molecular formula is C22H22N2O3S. The highest BCUT2D eigenvalue weighted by Gasteiger charge is 2.73. The van der Waals surface area contributed by atoms with Crippen LogP contribution in [-0.2, 0) is 14.5 Å². The Morgan fingerprint density at radius 1 is 1.07 bits per heavy atom. The third kappa shape index (κ3) is 1.97. The first-order valence-electron chi connectivity index (χ1n) is 9.54. The highest BCUT2D eigenvalue weighted by molar-refractivity contribution is 8.00. The van der Waals surface area contributed by atoms with Gasteiger partial charge < -0.3 is 4.74 Å². The lowest BCUT2D eigenvalue weighted by molar-refractivity contribution is -0.124. The van der Waals surface area contributed by atoms with E-state index in [1.54, 1.807) is 43.1 Å². The molecule has 2 aromatic rings. The number of fused-ring (bicyclic) bond motifs is 8. The molecule has 4 atom stereocenters. The Hall–Kier alpha value is -2.31. The van der Waals surface area contributed by atoms with E-state index in [1.807, 2.05) is 12.1 Å². The Bertz CT molecular complexity index is 976. The fourth-order valence-corrected chi connectivity index (χ4v) is 6.93. The molecule has 2 bridgehead atoms. The van der Waals surface area contributed by atoms with Crippen LogP contribution in [0.4, 0.5) is 5.69 Å². The molecule has 28 heavy (non-hydrogen) atoms. The van der Waals surface area contributed by atoms with E-state index in [-0.39, 0.29) is 29.7 Å². The lowest BCUT2D eigenvalue weighted by Gasteiger charge is -2.37. The third-order valence-corrected chi connectivity index (χ3v) is 7.91. The lowest BCUT2D eigenvalue weighted by Crippen LogP contribution is -2.43. The van der Waals surface area contributed by atoms with Crippen LogP contribution in [0.1, 0.15) is 24.1 Å². The minimum atomic E-state index is -0.478. The van der Waals surface area contributed by atoms with Gasteiger partial charge in [0, 0.05) is 6.04 Å². The number of ether oxygens (including phenoxy) is 1. The van der Waals surface area contributed by atoms with Gasteiger partial charge in [-0.15, -0.1) is 11.8 Å². The van der Waals surface area contributed by atoms with E-state index in [9.17, 15) is 9.59 Å². The summed E-state index contributed by atoms with van der Waals surface area (Å²) in [6.07, 6.45) is 0. The van der Waals surface area contributed by atoms with Gasteiger partial charge in [-0.05, 0) is 48.2 Å². The molecule has 144 valence electrons. The van der Waals surface area contributed by atoms with Crippen LogP contribution in [0.5, 0.6) is 5.75 Å². The molecule has 2 fully saturated rings. The molecule has 0 radical (unpaired) electrons. The fourth-order valence-electron chi connectivity index (χ4n) is 5.40. The molecular weight excluding hydrogens is 372 g/mol. The smallest absolute Gasteiger partial charge is 0.240 e. The number of anilines is 1. The van der Waals surface area contributed by atoms with Gasteiger partial charge in [0.2, 0.25) is 11.8 Å². The first kappa shape index (κ1) is 17.8. The monoisotopic (exact) mass is 394 g/mol. The van der Waals surface area contributed by atoms with Gasteiger partial charge >= 0.3 is 0 Å². The van der Waals surface area contributed by atoms with Gasteiger partial charge in [0.25, 0.3) is 0 Å². The normalized spacial score (nSPS) is 30.7. The molecule has 0 aromatic heterocycles. The Balaban J connectivity index is 1.64. The fraction of sp³-hybridized carbons (Fsp3) is 0.364. The van der Waals surface area contributed by atoms with Crippen molar-refractivity contribution >= 4 is 29.3 Å². The van der Waals surface area contributed by atoms with Crippen LogP contribution >= 0.6 is 11.8 Å². The van der Waals surface area contributed by atoms with E-state index in [0.29, 0.717) is 11.4 Å². The number of imide groups is 1. The highest BCUT2D eigenvalue weighted by atomic mass is 32.2. The first-order chi connectivity index (χ1) is 13.6. The van der Waals surface area contributed by atoms with Gasteiger partial charge in [-0.3, -0.25) is 14.5 Å². The molecule has 3 aliphatic rings. The minimum Gasteiger partial charge on any atom is -0.497 e. The van der Waals surface area contributed by atoms with Gasteiger partial charge in [0.1, 0.15) is 10.6 Å². The van der Waals surface area contributed by atoms with E-state index in [1.165, 1.54) is 16.0 Å². The van der Waals surface area contributed by atoms with Crippen molar-refractivity contribution in [1.82, 2.24) is 4.90 Å². The number of carbonyl (C=O) groups is 2. The molecule has 3 aliphatic heterocycles. The zero-order valence-corrected chi connectivity index (χ0v) is 16.9. The Labute approximate surface area is 168 Å². The van der Waals surface area contributed by atoms with Crippen LogP contribution in [0.3, 0.4) is 0 Å². The van der Waals surface area contributed by atoms with Crippen LogP contribution in [0.2, 0.25) is 0 Å². The first-order valence-corrected chi connectivity index (χ1v) is 10.5. The largest absolute Gasteiger partial charge is 0.497 e. The van der Waals surface area contributed by atoms with Crippen LogP contribution in [-0.4, -0.2) is 36.6 Å². The van der Waals surface area contributed by atoms with Gasteiger partial charge in [0.15, 0.2) is 0 Å². The quantitative estimate of drug-likeness (QED) is 0.744. The number of rotatable bonds is 4. The maximum atomic E-state index is 13.6. The van der Waals surface area contributed by atoms with E-state index in [2.05, 4.69) is 31.0 Å². The van der Waals surface area contributed by atoms with E-state index in [0.717, 1.165) is 5.75 Å². The predicted octanol–water partition coefficient (Wildman–Crippen LogP) is 3.41. The second-order valence-electron chi connectivity index (χ2n) is 7.49. The standard InChI is InChI=1S/C22H22N2O3S/c1-4-28-22-16-8-6-5-7-15(16)19(23(22)2)17-18(22)21(26)24(20(17)25)13-9-11-14(27-3)12-10-13/h5-12,17-19H,4H2,1-3H3. The molecule has 0 spiro atoms. The van der Waals surface area contributed by atoms with Crippen molar-refractivity contribution < 1.29 is 14.3 Å². The number of thioether (sulfide) groups is 1. The van der Waals surface area contributed by atoms with Gasteiger partial charge in [-0.25, -0.2) is 4.90 Å². The molecule has 2 amide bonds. The molecule has 5 nitrogen and oxygen atoms in total. The molecule has 2 saturated heterocycles. The van der Waals surface area contributed by atoms with Crippen molar-refractivity contribution in [2.45, 2.75) is 17.8 Å². The lowest BCUT2D eigenvalue weighted by atomic mass is 9.77. The maximum absolute atomic E-state index is 13.6. The van der Waals surface area contributed by atoms with Crippen molar-refractivity contribution in [3.05, 3.63) is 59.7 Å². The molecule has 0 saturated carbocycles. The van der Waals surface area contributed by atoms with Crippen molar-refractivity contribution in [2.75, 3.05) is 24.8 Å². The van der Waals surface area contributed by atoms with Crippen molar-refractivity contribution in [3.8, 4) is 5.75 Å². The summed E-state index contributed by atoms with van der Waals surface area (Å²) >= 11 is 1.77. The summed E-state index contributed by atoms with van der Waals surface area (Å²) < 4.78 is 5.21. The summed E-state index contributed by atoms with van der Waals surface area (Å²) in [5.74, 6) is 0.687. The SMILES string of the molecule is CCSC12c3ccccc3C(C3C(=O)N(c4ccc(OC)cc4)C(=O)C31)N2C. The van der Waals surface area contributed by atoms with Gasteiger partial charge in [-0.2, -0.15) is 0 Å². The van der Waals surface area contributed by atoms with Gasteiger partial charge in [0.05, 0.1) is 24.6 Å². The van der Waals surface area contributed by atoms with E-state index >= 15 is 0 Å². The van der Waals surface area contributed by atoms with Crippen LogP contribution < -0.4 is 9.64 Å². The van der Waals surface area contributed by atoms with Crippen LogP contribution in [0, 0.1) is 11.8 Å². The number of hydrogen-bond acceptors (Lipinski definition) is 5. The van der Waals surface area contributed by atoms with Crippen LogP contribution in [0.15, 0.2) is 48.5 Å². The van der Waals surface area contributed by atoms with Gasteiger partial charge in [-0.1, -0.05) is 31.2 Å². The molecule has 0 aliphatic carbocycles. The Morgan fingerprint density at radius 2 is 1.79 bits per heavy atom. The topological polar surface area (TPSA) is 49.9 Å².